The molecule has 3 aromatic heterocycles. The quantitative estimate of drug-likeness (QED) is 0.188. The van der Waals surface area contributed by atoms with Crippen molar-refractivity contribution in [3.8, 4) is 39.9 Å². The van der Waals surface area contributed by atoms with Gasteiger partial charge in [0.25, 0.3) is 0 Å². The maximum Gasteiger partial charge on any atom is 0.164 e. The maximum atomic E-state index is 6.66. The van der Waals surface area contributed by atoms with E-state index in [-0.39, 0.29) is 0 Å². The molecule has 0 aliphatic heterocycles. The van der Waals surface area contributed by atoms with E-state index in [1.54, 1.807) is 0 Å². The summed E-state index contributed by atoms with van der Waals surface area (Å²) in [4.78, 5) is 15.0. The van der Waals surface area contributed by atoms with Gasteiger partial charge in [0, 0.05) is 50.0 Å². The highest BCUT2D eigenvalue weighted by Gasteiger charge is 2.20. The molecule has 0 amide bonds. The van der Waals surface area contributed by atoms with Crippen LogP contribution in [0, 0.1) is 0 Å². The van der Waals surface area contributed by atoms with E-state index in [9.17, 15) is 0 Å². The Morgan fingerprint density at radius 2 is 1.04 bits per heavy atom. The summed E-state index contributed by atoms with van der Waals surface area (Å²) < 4.78 is 9.04. The largest absolute Gasteiger partial charge is 0.456 e. The van der Waals surface area contributed by atoms with Gasteiger partial charge in [0.2, 0.25) is 0 Å². The van der Waals surface area contributed by atoms with Gasteiger partial charge in [0.1, 0.15) is 11.2 Å². The second-order valence-electron chi connectivity index (χ2n) is 13.2. The second kappa shape index (κ2) is 11.2. The van der Waals surface area contributed by atoms with Crippen molar-refractivity contribution in [1.29, 1.82) is 0 Å². The highest BCUT2D eigenvalue weighted by molar-refractivity contribution is 6.23. The minimum absolute atomic E-state index is 0.603. The fourth-order valence-electron chi connectivity index (χ4n) is 7.82. The van der Waals surface area contributed by atoms with Crippen LogP contribution in [0.2, 0.25) is 0 Å². The highest BCUT2D eigenvalue weighted by atomic mass is 16.3. The molecular weight excluding hydrogens is 637 g/mol. The molecule has 0 atom stereocenters. The van der Waals surface area contributed by atoms with Crippen molar-refractivity contribution in [2.75, 3.05) is 0 Å². The molecule has 0 N–H and O–H groups in total. The van der Waals surface area contributed by atoms with Crippen molar-refractivity contribution in [2.24, 2.45) is 0 Å². The molecule has 0 aliphatic carbocycles. The third kappa shape index (κ3) is 4.39. The van der Waals surface area contributed by atoms with Crippen LogP contribution >= 0.6 is 0 Å². The first-order valence-corrected chi connectivity index (χ1v) is 17.4. The molecule has 0 spiro atoms. The van der Waals surface area contributed by atoms with Crippen LogP contribution in [-0.2, 0) is 0 Å². The van der Waals surface area contributed by atoms with Gasteiger partial charge < -0.3 is 8.98 Å². The average molecular weight is 665 g/mol. The van der Waals surface area contributed by atoms with Gasteiger partial charge in [-0.05, 0) is 57.9 Å². The minimum Gasteiger partial charge on any atom is -0.456 e. The first kappa shape index (κ1) is 28.7. The number of aromatic nitrogens is 4. The monoisotopic (exact) mass is 664 g/mol. The van der Waals surface area contributed by atoms with E-state index < -0.39 is 0 Å². The van der Waals surface area contributed by atoms with E-state index in [1.165, 1.54) is 32.3 Å². The van der Waals surface area contributed by atoms with Crippen molar-refractivity contribution in [3.05, 3.63) is 170 Å². The zero-order valence-corrected chi connectivity index (χ0v) is 27.9. The molecule has 0 fully saturated rings. The number of fused-ring (bicyclic) bond motifs is 9. The molecule has 11 rings (SSSR count). The number of nitrogens with zero attached hydrogens (tertiary/aromatic N) is 4. The van der Waals surface area contributed by atoms with Gasteiger partial charge in [0.05, 0.1) is 11.0 Å². The lowest BCUT2D eigenvalue weighted by molar-refractivity contribution is 0.668. The molecule has 11 aromatic rings. The molecule has 0 saturated heterocycles. The Hall–Kier alpha value is -7.11. The van der Waals surface area contributed by atoms with Gasteiger partial charge in [-0.15, -0.1) is 0 Å². The SMILES string of the molecule is c1ccc(-c2nc(-c3ccccc3)nc(-c3cccc4oc5cc(-n6c7cc8ccccc8cc7c7c8ccccc8ccc76)ccc5c34)n2)cc1. The summed E-state index contributed by atoms with van der Waals surface area (Å²) in [5.41, 5.74) is 7.71. The average Bonchev–Trinajstić information content (AvgIpc) is 3.75. The molecule has 8 aromatic carbocycles. The lowest BCUT2D eigenvalue weighted by atomic mass is 10.0. The third-order valence-electron chi connectivity index (χ3n) is 10.2. The van der Waals surface area contributed by atoms with Gasteiger partial charge >= 0.3 is 0 Å². The zero-order chi connectivity index (χ0) is 34.2. The van der Waals surface area contributed by atoms with Crippen LogP contribution in [0.3, 0.4) is 0 Å². The smallest absolute Gasteiger partial charge is 0.164 e. The summed E-state index contributed by atoms with van der Waals surface area (Å²) in [6, 6.07) is 59.2. The molecular formula is C47H28N4O. The van der Waals surface area contributed by atoms with E-state index in [1.807, 2.05) is 72.8 Å². The van der Waals surface area contributed by atoms with Gasteiger partial charge in [-0.1, -0.05) is 127 Å². The lowest BCUT2D eigenvalue weighted by Gasteiger charge is -2.10. The van der Waals surface area contributed by atoms with Gasteiger partial charge in [-0.3, -0.25) is 0 Å². The van der Waals surface area contributed by atoms with Crippen LogP contribution in [0.25, 0.3) is 105 Å². The van der Waals surface area contributed by atoms with Crippen LogP contribution < -0.4 is 0 Å². The summed E-state index contributed by atoms with van der Waals surface area (Å²) in [6.07, 6.45) is 0. The number of hydrogen-bond acceptors (Lipinski definition) is 4. The molecule has 0 bridgehead atoms. The van der Waals surface area contributed by atoms with E-state index in [4.69, 9.17) is 19.4 Å². The number of furan rings is 1. The van der Waals surface area contributed by atoms with Crippen LogP contribution in [0.4, 0.5) is 0 Å². The Morgan fingerprint density at radius 3 is 1.79 bits per heavy atom. The van der Waals surface area contributed by atoms with Crippen molar-refractivity contribution < 1.29 is 4.42 Å². The molecule has 0 unspecified atom stereocenters. The Labute approximate surface area is 298 Å². The van der Waals surface area contributed by atoms with Crippen molar-refractivity contribution in [1.82, 2.24) is 19.5 Å². The molecule has 242 valence electrons. The number of benzene rings is 8. The maximum absolute atomic E-state index is 6.66. The molecule has 3 heterocycles. The molecule has 52 heavy (non-hydrogen) atoms. The number of hydrogen-bond donors (Lipinski definition) is 0. The molecule has 0 radical (unpaired) electrons. The predicted octanol–water partition coefficient (Wildman–Crippen LogP) is 12.2. The van der Waals surface area contributed by atoms with Crippen LogP contribution in [-0.4, -0.2) is 19.5 Å². The van der Waals surface area contributed by atoms with E-state index in [0.29, 0.717) is 17.5 Å². The fourth-order valence-corrected chi connectivity index (χ4v) is 7.82. The van der Waals surface area contributed by atoms with Gasteiger partial charge in [0.15, 0.2) is 17.5 Å². The first-order chi connectivity index (χ1) is 25.8. The number of rotatable bonds is 4. The summed E-state index contributed by atoms with van der Waals surface area (Å²) >= 11 is 0. The Morgan fingerprint density at radius 1 is 0.385 bits per heavy atom. The fraction of sp³-hybridized carbons (Fsp3) is 0. The first-order valence-electron chi connectivity index (χ1n) is 17.4. The van der Waals surface area contributed by atoms with Gasteiger partial charge in [-0.2, -0.15) is 0 Å². The zero-order valence-electron chi connectivity index (χ0n) is 27.9. The van der Waals surface area contributed by atoms with E-state index in [0.717, 1.165) is 55.3 Å². The van der Waals surface area contributed by atoms with Crippen LogP contribution in [0.1, 0.15) is 0 Å². The predicted molar refractivity (Wildman–Crippen MR) is 213 cm³/mol. The Kier molecular flexibility index (Phi) is 6.18. The summed E-state index contributed by atoms with van der Waals surface area (Å²) in [7, 11) is 0. The minimum atomic E-state index is 0.603. The van der Waals surface area contributed by atoms with E-state index >= 15 is 0 Å². The lowest BCUT2D eigenvalue weighted by Crippen LogP contribution is -2.00. The molecule has 5 nitrogen and oxygen atoms in total. The summed E-state index contributed by atoms with van der Waals surface area (Å²) in [5, 5.41) is 9.38. The Balaban J connectivity index is 1.15. The standard InChI is InChI=1S/C47H28N4O/c1-3-13-30(14-4-1)45-48-46(31-15-5-2-6-16-31)50-47(49-45)37-20-11-21-41-44(37)36-24-23-34(28-42(36)52-41)51-39-25-22-29-12-9-10-19-35(29)43(39)38-26-32-17-7-8-18-33(32)27-40(38)51/h1-28H. The second-order valence-corrected chi connectivity index (χ2v) is 13.2. The van der Waals surface area contributed by atoms with Crippen molar-refractivity contribution in [2.45, 2.75) is 0 Å². The topological polar surface area (TPSA) is 56.7 Å². The summed E-state index contributed by atoms with van der Waals surface area (Å²) in [5.74, 6) is 1.86. The van der Waals surface area contributed by atoms with Crippen LogP contribution in [0.15, 0.2) is 174 Å². The molecule has 0 saturated carbocycles. The van der Waals surface area contributed by atoms with Gasteiger partial charge in [-0.25, -0.2) is 15.0 Å². The van der Waals surface area contributed by atoms with Crippen molar-refractivity contribution >= 4 is 65.3 Å². The molecule has 0 aliphatic rings. The third-order valence-corrected chi connectivity index (χ3v) is 10.2. The Bertz CT molecular complexity index is 3120. The van der Waals surface area contributed by atoms with Crippen molar-refractivity contribution in [3.63, 3.8) is 0 Å². The van der Waals surface area contributed by atoms with E-state index in [2.05, 4.69) is 102 Å². The normalized spacial score (nSPS) is 11.8. The highest BCUT2D eigenvalue weighted by Crippen LogP contribution is 2.41. The van der Waals surface area contributed by atoms with Crippen LogP contribution in [0.5, 0.6) is 0 Å². The summed E-state index contributed by atoms with van der Waals surface area (Å²) in [6.45, 7) is 0. The molecule has 5 heteroatoms.